The molecule has 0 saturated carbocycles. The van der Waals surface area contributed by atoms with E-state index in [1.165, 1.54) is 0 Å². The van der Waals surface area contributed by atoms with Gasteiger partial charge in [-0.3, -0.25) is 0 Å². The maximum atomic E-state index is 12.7. The second kappa shape index (κ2) is 4.36. The fourth-order valence-corrected chi connectivity index (χ4v) is 2.38. The Balaban J connectivity index is 3.72. The first-order valence-corrected chi connectivity index (χ1v) is 5.20. The van der Waals surface area contributed by atoms with Gasteiger partial charge in [0.1, 0.15) is 5.70 Å². The van der Waals surface area contributed by atoms with E-state index in [9.17, 15) is 39.5 Å². The van der Waals surface area contributed by atoms with Crippen LogP contribution < -0.4 is 11.5 Å². The fraction of sp³-hybridized carbons (Fsp3) is 0.571. The number of allylic oxidation sites excluding steroid dienone is 1. The first kappa shape index (κ1) is 16.8. The van der Waals surface area contributed by atoms with Crippen LogP contribution in [0.25, 0.3) is 0 Å². The smallest absolute Gasteiger partial charge is 0.394 e. The zero-order valence-electron chi connectivity index (χ0n) is 8.91. The zero-order chi connectivity index (χ0) is 16.1. The van der Waals surface area contributed by atoms with E-state index in [1.54, 1.807) is 0 Å². The highest BCUT2D eigenvalue weighted by atomic mass is 32.2. The molecule has 0 aliphatic carbocycles. The third-order valence-electron chi connectivity index (χ3n) is 2.18. The van der Waals surface area contributed by atoms with Crippen molar-refractivity contribution in [3.8, 4) is 0 Å². The summed E-state index contributed by atoms with van der Waals surface area (Å²) in [7, 11) is 0. The van der Waals surface area contributed by atoms with E-state index in [2.05, 4.69) is 10.7 Å². The van der Waals surface area contributed by atoms with Gasteiger partial charge in [-0.2, -0.15) is 39.5 Å². The normalized spacial score (nSPS) is 22.8. The van der Waals surface area contributed by atoms with Crippen LogP contribution in [0.5, 0.6) is 0 Å². The minimum atomic E-state index is -6.19. The Bertz CT molecular complexity index is 455. The zero-order valence-corrected chi connectivity index (χ0v) is 9.73. The van der Waals surface area contributed by atoms with Crippen molar-refractivity contribution in [2.45, 2.75) is 24.1 Å². The molecule has 0 atom stereocenters. The summed E-state index contributed by atoms with van der Waals surface area (Å²) in [4.78, 5) is -0.0996. The van der Waals surface area contributed by atoms with Gasteiger partial charge in [0.15, 0.2) is 5.17 Å². The van der Waals surface area contributed by atoms with Crippen LogP contribution >= 0.6 is 11.8 Å². The molecule has 13 heteroatoms. The van der Waals surface area contributed by atoms with Gasteiger partial charge >= 0.3 is 18.5 Å². The van der Waals surface area contributed by atoms with Crippen molar-refractivity contribution in [2.75, 3.05) is 0 Å². The number of aliphatic imine (C=N–C) groups is 1. The average molecular weight is 333 g/mol. The summed E-state index contributed by atoms with van der Waals surface area (Å²) in [5.41, 5.74) is 1.48. The molecule has 0 aromatic carbocycles. The number of hydrogen-bond donors (Lipinski definition) is 2. The number of rotatable bonds is 0. The van der Waals surface area contributed by atoms with Crippen LogP contribution in [0.3, 0.4) is 0 Å². The molecule has 1 aliphatic heterocycles. The molecule has 0 bridgehead atoms. The van der Waals surface area contributed by atoms with Crippen LogP contribution in [0.4, 0.5) is 39.5 Å². The predicted molar refractivity (Wildman–Crippen MR) is 51.3 cm³/mol. The van der Waals surface area contributed by atoms with Crippen LogP contribution in [0.1, 0.15) is 0 Å². The van der Waals surface area contributed by atoms with Crippen molar-refractivity contribution in [1.29, 1.82) is 0 Å². The molecule has 4 N–H and O–H groups in total. The van der Waals surface area contributed by atoms with Gasteiger partial charge in [-0.1, -0.05) is 11.8 Å². The van der Waals surface area contributed by atoms with E-state index in [4.69, 9.17) is 5.73 Å². The van der Waals surface area contributed by atoms with E-state index >= 15 is 0 Å². The number of hydrogen-bond acceptors (Lipinski definition) is 4. The molecular weight excluding hydrogens is 329 g/mol. The monoisotopic (exact) mass is 333 g/mol. The molecule has 0 radical (unpaired) electrons. The number of halogens is 9. The topological polar surface area (TPSA) is 64.4 Å². The summed E-state index contributed by atoms with van der Waals surface area (Å²) >= 11 is -0.616. The minimum absolute atomic E-state index is 0.616. The summed E-state index contributed by atoms with van der Waals surface area (Å²) in [6, 6.07) is 0. The van der Waals surface area contributed by atoms with Gasteiger partial charge in [0.25, 0.3) is 5.54 Å². The van der Waals surface area contributed by atoms with Gasteiger partial charge in [0.2, 0.25) is 0 Å². The molecule has 0 aromatic heterocycles. The molecule has 0 unspecified atom stereocenters. The third-order valence-corrected chi connectivity index (χ3v) is 3.20. The van der Waals surface area contributed by atoms with Gasteiger partial charge < -0.3 is 11.5 Å². The lowest BCUT2D eigenvalue weighted by Crippen LogP contribution is -2.56. The Morgan fingerprint density at radius 1 is 0.950 bits per heavy atom. The molecule has 1 heterocycles. The highest BCUT2D eigenvalue weighted by molar-refractivity contribution is 8.17. The first-order valence-electron chi connectivity index (χ1n) is 4.38. The lowest BCUT2D eigenvalue weighted by Gasteiger charge is -2.32. The Morgan fingerprint density at radius 3 is 1.65 bits per heavy atom. The van der Waals surface area contributed by atoms with Crippen molar-refractivity contribution >= 4 is 16.9 Å². The Labute approximate surface area is 108 Å². The van der Waals surface area contributed by atoms with Crippen LogP contribution in [0.2, 0.25) is 0 Å². The molecule has 1 rings (SSSR count). The summed E-state index contributed by atoms with van der Waals surface area (Å²) in [6.45, 7) is 0. The summed E-state index contributed by atoms with van der Waals surface area (Å²) in [5, 5.41) is -1.32. The van der Waals surface area contributed by atoms with Gasteiger partial charge in [0.05, 0.1) is 4.91 Å². The summed E-state index contributed by atoms with van der Waals surface area (Å²) in [5.74, 6) is 0. The lowest BCUT2D eigenvalue weighted by atomic mass is 9.96. The molecule has 0 saturated heterocycles. The molecule has 1 aliphatic rings. The van der Waals surface area contributed by atoms with Crippen molar-refractivity contribution in [2.24, 2.45) is 16.5 Å². The van der Waals surface area contributed by atoms with Crippen LogP contribution in [0.15, 0.2) is 15.6 Å². The van der Waals surface area contributed by atoms with Gasteiger partial charge in [0, 0.05) is 0 Å². The molecule has 3 nitrogen and oxygen atoms in total. The predicted octanol–water partition coefficient (Wildman–Crippen LogP) is 2.64. The highest BCUT2D eigenvalue weighted by Gasteiger charge is 2.76. The Kier molecular flexibility index (Phi) is 3.66. The van der Waals surface area contributed by atoms with Crippen molar-refractivity contribution in [3.05, 3.63) is 10.6 Å². The molecule has 0 amide bonds. The summed E-state index contributed by atoms with van der Waals surface area (Å²) in [6.07, 6.45) is -18.0. The summed E-state index contributed by atoms with van der Waals surface area (Å²) < 4.78 is 113. The van der Waals surface area contributed by atoms with Crippen LogP contribution in [0, 0.1) is 0 Å². The highest BCUT2D eigenvalue weighted by Crippen LogP contribution is 2.58. The van der Waals surface area contributed by atoms with Crippen LogP contribution in [-0.4, -0.2) is 29.2 Å². The van der Waals surface area contributed by atoms with Gasteiger partial charge in [-0.15, -0.1) is 0 Å². The molecule has 20 heavy (non-hydrogen) atoms. The van der Waals surface area contributed by atoms with E-state index < -0.39 is 51.6 Å². The minimum Gasteiger partial charge on any atom is -0.394 e. The first-order chi connectivity index (χ1) is 8.64. The average Bonchev–Trinajstić information content (AvgIpc) is 2.52. The van der Waals surface area contributed by atoms with E-state index in [0.29, 0.717) is 0 Å². The second-order valence-electron chi connectivity index (χ2n) is 3.50. The maximum Gasteiger partial charge on any atom is 0.431 e. The van der Waals surface area contributed by atoms with Gasteiger partial charge in [-0.25, -0.2) is 4.99 Å². The number of thioether (sulfide) groups is 1. The maximum absolute atomic E-state index is 12.7. The van der Waals surface area contributed by atoms with E-state index in [-0.39, 0.29) is 0 Å². The van der Waals surface area contributed by atoms with E-state index in [0.717, 1.165) is 0 Å². The molecule has 0 aromatic rings. The van der Waals surface area contributed by atoms with Crippen molar-refractivity contribution in [3.63, 3.8) is 0 Å². The van der Waals surface area contributed by atoms with E-state index in [1.807, 2.05) is 0 Å². The standard InChI is InChI=1S/C7H4F9N3S/c8-5(9,10)1(17)2-4(6(11,12)13,7(14,15)16)19-3(18)20-2/h17H2,(H2,18,19)/b2-1+. The van der Waals surface area contributed by atoms with Crippen LogP contribution in [-0.2, 0) is 0 Å². The van der Waals surface area contributed by atoms with Gasteiger partial charge in [-0.05, 0) is 0 Å². The molecule has 0 fully saturated rings. The third kappa shape index (κ3) is 2.38. The number of amidine groups is 1. The second-order valence-corrected chi connectivity index (χ2v) is 4.53. The quantitative estimate of drug-likeness (QED) is 0.670. The molecular formula is C7H4F9N3S. The number of alkyl halides is 9. The van der Waals surface area contributed by atoms with Crippen molar-refractivity contribution < 1.29 is 39.5 Å². The molecule has 0 spiro atoms. The lowest BCUT2D eigenvalue weighted by molar-refractivity contribution is -0.279. The number of nitrogens with zero attached hydrogens (tertiary/aromatic N) is 1. The van der Waals surface area contributed by atoms with Crippen molar-refractivity contribution in [1.82, 2.24) is 0 Å². The number of nitrogens with two attached hydrogens (primary N) is 2. The Morgan fingerprint density at radius 2 is 1.35 bits per heavy atom. The fourth-order valence-electron chi connectivity index (χ4n) is 1.34. The molecule has 116 valence electrons. The Hall–Kier alpha value is -1.27. The SMILES string of the molecule is NC1=NC(C(F)(F)F)(C(F)(F)F)/C(=C(\N)C(F)(F)F)S1. The largest absolute Gasteiger partial charge is 0.431 e.